The minimum absolute atomic E-state index is 0.0694. The van der Waals surface area contributed by atoms with E-state index in [4.69, 9.17) is 14.6 Å². The van der Waals surface area contributed by atoms with Gasteiger partial charge >= 0.3 is 5.97 Å². The highest BCUT2D eigenvalue weighted by Gasteiger charge is 2.11. The standard InChI is InChI=1S/C19H17NO4S/c1-23-17-9-14(15-12-25-18(20-15)10-19(21)22)7-8-16(17)24-11-13-5-3-2-4-6-13/h2-9,12H,10-11H2,1H3,(H,21,22). The molecule has 0 unspecified atom stereocenters. The van der Waals surface area contributed by atoms with Crippen molar-refractivity contribution in [3.63, 3.8) is 0 Å². The van der Waals surface area contributed by atoms with E-state index in [0.717, 1.165) is 16.8 Å². The first-order valence-corrected chi connectivity index (χ1v) is 8.55. The summed E-state index contributed by atoms with van der Waals surface area (Å²) in [5, 5.41) is 11.3. The van der Waals surface area contributed by atoms with E-state index in [1.54, 1.807) is 7.11 Å². The number of carboxylic acid groups (broad SMARTS) is 1. The van der Waals surface area contributed by atoms with Crippen LogP contribution in [0.3, 0.4) is 0 Å². The SMILES string of the molecule is COc1cc(-c2csc(CC(=O)O)n2)ccc1OCc1ccccc1. The third-order valence-corrected chi connectivity index (χ3v) is 4.40. The van der Waals surface area contributed by atoms with Crippen LogP contribution >= 0.6 is 11.3 Å². The molecular weight excluding hydrogens is 338 g/mol. The van der Waals surface area contributed by atoms with Gasteiger partial charge in [0, 0.05) is 10.9 Å². The Hall–Kier alpha value is -2.86. The Morgan fingerprint density at radius 1 is 1.16 bits per heavy atom. The maximum absolute atomic E-state index is 10.8. The topological polar surface area (TPSA) is 68.7 Å². The highest BCUT2D eigenvalue weighted by atomic mass is 32.1. The van der Waals surface area contributed by atoms with Gasteiger partial charge in [0.2, 0.25) is 0 Å². The average molecular weight is 355 g/mol. The third kappa shape index (κ3) is 4.36. The number of nitrogens with zero attached hydrogens (tertiary/aromatic N) is 1. The fourth-order valence-electron chi connectivity index (χ4n) is 2.34. The molecule has 3 rings (SSSR count). The van der Waals surface area contributed by atoms with Gasteiger partial charge in [-0.3, -0.25) is 4.79 Å². The lowest BCUT2D eigenvalue weighted by molar-refractivity contribution is -0.136. The van der Waals surface area contributed by atoms with Crippen molar-refractivity contribution in [1.82, 2.24) is 4.98 Å². The van der Waals surface area contributed by atoms with E-state index in [-0.39, 0.29) is 6.42 Å². The molecule has 1 aromatic heterocycles. The van der Waals surface area contributed by atoms with Crippen molar-refractivity contribution in [3.05, 3.63) is 64.5 Å². The van der Waals surface area contributed by atoms with Crippen molar-refractivity contribution in [2.45, 2.75) is 13.0 Å². The van der Waals surface area contributed by atoms with Gasteiger partial charge in [0.25, 0.3) is 0 Å². The Labute approximate surface area is 149 Å². The van der Waals surface area contributed by atoms with Crippen molar-refractivity contribution < 1.29 is 19.4 Å². The summed E-state index contributed by atoms with van der Waals surface area (Å²) in [7, 11) is 1.59. The van der Waals surface area contributed by atoms with E-state index in [1.165, 1.54) is 11.3 Å². The number of benzene rings is 2. The maximum Gasteiger partial charge on any atom is 0.310 e. The molecule has 1 heterocycles. The van der Waals surface area contributed by atoms with Crippen LogP contribution in [0.15, 0.2) is 53.9 Å². The molecular formula is C19H17NO4S. The molecule has 2 aromatic carbocycles. The normalized spacial score (nSPS) is 10.4. The lowest BCUT2D eigenvalue weighted by Gasteiger charge is -2.11. The van der Waals surface area contributed by atoms with Crippen LogP contribution in [-0.2, 0) is 17.8 Å². The summed E-state index contributed by atoms with van der Waals surface area (Å²) in [6.45, 7) is 0.454. The first-order chi connectivity index (χ1) is 12.2. The zero-order valence-electron chi connectivity index (χ0n) is 13.6. The molecule has 128 valence electrons. The molecule has 25 heavy (non-hydrogen) atoms. The number of rotatable bonds is 7. The number of methoxy groups -OCH3 is 1. The molecule has 0 amide bonds. The predicted octanol–water partition coefficient (Wildman–Crippen LogP) is 4.02. The van der Waals surface area contributed by atoms with Crippen LogP contribution in [0.25, 0.3) is 11.3 Å². The second-order valence-corrected chi connectivity index (χ2v) is 6.28. The molecule has 0 aliphatic carbocycles. The molecule has 0 saturated heterocycles. The number of carbonyl (C=O) groups is 1. The highest BCUT2D eigenvalue weighted by molar-refractivity contribution is 7.10. The van der Waals surface area contributed by atoms with Crippen LogP contribution in [0.2, 0.25) is 0 Å². The molecule has 1 N–H and O–H groups in total. The summed E-state index contributed by atoms with van der Waals surface area (Å²) in [6, 6.07) is 15.5. The smallest absolute Gasteiger partial charge is 0.310 e. The second-order valence-electron chi connectivity index (χ2n) is 5.34. The number of aliphatic carboxylic acids is 1. The second kappa shape index (κ2) is 7.81. The van der Waals surface area contributed by atoms with Gasteiger partial charge in [-0.05, 0) is 23.8 Å². The summed E-state index contributed by atoms with van der Waals surface area (Å²) >= 11 is 1.33. The van der Waals surface area contributed by atoms with Gasteiger partial charge in [-0.2, -0.15) is 0 Å². The number of ether oxygens (including phenoxy) is 2. The minimum atomic E-state index is -0.886. The van der Waals surface area contributed by atoms with E-state index in [1.807, 2.05) is 53.9 Å². The van der Waals surface area contributed by atoms with Gasteiger partial charge in [0.05, 0.1) is 19.2 Å². The Balaban J connectivity index is 1.77. The first-order valence-electron chi connectivity index (χ1n) is 7.67. The van der Waals surface area contributed by atoms with Crippen LogP contribution in [0.1, 0.15) is 10.6 Å². The number of aromatic nitrogens is 1. The zero-order valence-corrected chi connectivity index (χ0v) is 14.5. The quantitative estimate of drug-likeness (QED) is 0.693. The van der Waals surface area contributed by atoms with Gasteiger partial charge in [-0.25, -0.2) is 4.98 Å². The molecule has 0 fully saturated rings. The van der Waals surface area contributed by atoms with Gasteiger partial charge in [0.15, 0.2) is 11.5 Å². The van der Waals surface area contributed by atoms with E-state index >= 15 is 0 Å². The highest BCUT2D eigenvalue weighted by Crippen LogP contribution is 2.33. The summed E-state index contributed by atoms with van der Waals surface area (Å²) in [5.41, 5.74) is 2.66. The summed E-state index contributed by atoms with van der Waals surface area (Å²) in [4.78, 5) is 15.1. The van der Waals surface area contributed by atoms with E-state index in [0.29, 0.717) is 23.1 Å². The van der Waals surface area contributed by atoms with E-state index < -0.39 is 5.97 Å². The summed E-state index contributed by atoms with van der Waals surface area (Å²) < 4.78 is 11.3. The number of hydrogen-bond acceptors (Lipinski definition) is 5. The largest absolute Gasteiger partial charge is 0.493 e. The van der Waals surface area contributed by atoms with Crippen LogP contribution in [0, 0.1) is 0 Å². The number of thiazole rings is 1. The van der Waals surface area contributed by atoms with Crippen LogP contribution in [0.5, 0.6) is 11.5 Å². The van der Waals surface area contributed by atoms with Crippen molar-refractivity contribution in [2.75, 3.05) is 7.11 Å². The maximum atomic E-state index is 10.8. The third-order valence-electron chi connectivity index (χ3n) is 3.55. The van der Waals surface area contributed by atoms with Gasteiger partial charge in [-0.15, -0.1) is 11.3 Å². The Morgan fingerprint density at radius 3 is 2.68 bits per heavy atom. The molecule has 0 spiro atoms. The van der Waals surface area contributed by atoms with Crippen LogP contribution in [-0.4, -0.2) is 23.2 Å². The fourth-order valence-corrected chi connectivity index (χ4v) is 3.13. The van der Waals surface area contributed by atoms with Gasteiger partial charge in [0.1, 0.15) is 11.6 Å². The Kier molecular flexibility index (Phi) is 5.30. The van der Waals surface area contributed by atoms with Crippen molar-refractivity contribution >= 4 is 17.3 Å². The van der Waals surface area contributed by atoms with Gasteiger partial charge in [-0.1, -0.05) is 30.3 Å². The van der Waals surface area contributed by atoms with Crippen LogP contribution < -0.4 is 9.47 Å². The molecule has 3 aromatic rings. The lowest BCUT2D eigenvalue weighted by atomic mass is 10.1. The summed E-state index contributed by atoms with van der Waals surface area (Å²) in [5.74, 6) is 0.375. The van der Waals surface area contributed by atoms with Crippen molar-refractivity contribution in [3.8, 4) is 22.8 Å². The molecule has 0 bridgehead atoms. The Bertz CT molecular complexity index is 861. The fraction of sp³-hybridized carbons (Fsp3) is 0.158. The zero-order chi connectivity index (χ0) is 17.6. The predicted molar refractivity (Wildman–Crippen MR) is 96.2 cm³/mol. The van der Waals surface area contributed by atoms with E-state index in [9.17, 15) is 4.79 Å². The van der Waals surface area contributed by atoms with E-state index in [2.05, 4.69) is 4.98 Å². The number of carboxylic acids is 1. The molecule has 0 aliphatic heterocycles. The number of hydrogen-bond donors (Lipinski definition) is 1. The Morgan fingerprint density at radius 2 is 1.96 bits per heavy atom. The van der Waals surface area contributed by atoms with Crippen LogP contribution in [0.4, 0.5) is 0 Å². The molecule has 6 heteroatoms. The molecule has 0 saturated carbocycles. The van der Waals surface area contributed by atoms with Gasteiger partial charge < -0.3 is 14.6 Å². The monoisotopic (exact) mass is 355 g/mol. The van der Waals surface area contributed by atoms with Crippen molar-refractivity contribution in [2.24, 2.45) is 0 Å². The molecule has 5 nitrogen and oxygen atoms in total. The molecule has 0 aliphatic rings. The average Bonchev–Trinajstić information content (AvgIpc) is 3.08. The molecule has 0 atom stereocenters. The lowest BCUT2D eigenvalue weighted by Crippen LogP contribution is -1.99. The first kappa shape index (κ1) is 17.0. The van der Waals surface area contributed by atoms with Crippen molar-refractivity contribution in [1.29, 1.82) is 0 Å². The molecule has 0 radical (unpaired) electrons. The summed E-state index contributed by atoms with van der Waals surface area (Å²) in [6.07, 6.45) is -0.0694. The minimum Gasteiger partial charge on any atom is -0.493 e.